The minimum atomic E-state index is 0.00628. The van der Waals surface area contributed by atoms with Gasteiger partial charge < -0.3 is 5.73 Å². The summed E-state index contributed by atoms with van der Waals surface area (Å²) >= 11 is 6.18. The Hall–Kier alpha value is -1.81. The van der Waals surface area contributed by atoms with E-state index in [0.29, 0.717) is 16.5 Å². The van der Waals surface area contributed by atoms with Crippen molar-refractivity contribution in [2.75, 3.05) is 0 Å². The van der Waals surface area contributed by atoms with Crippen LogP contribution in [0.4, 0.5) is 0 Å². The lowest BCUT2D eigenvalue weighted by atomic mass is 10.1. The van der Waals surface area contributed by atoms with Crippen molar-refractivity contribution >= 4 is 17.4 Å². The average Bonchev–Trinajstić information content (AvgIpc) is 2.78. The van der Waals surface area contributed by atoms with Gasteiger partial charge in [0.2, 0.25) is 0 Å². The van der Waals surface area contributed by atoms with E-state index in [1.54, 1.807) is 16.8 Å². The molecule has 18 heavy (non-hydrogen) atoms. The predicted molar refractivity (Wildman–Crippen MR) is 73.7 cm³/mol. The van der Waals surface area contributed by atoms with E-state index in [0.717, 1.165) is 11.4 Å². The molecule has 1 aromatic heterocycles. The second-order valence-electron chi connectivity index (χ2n) is 4.42. The van der Waals surface area contributed by atoms with Gasteiger partial charge in [0.05, 0.1) is 16.4 Å². The average molecular weight is 263 g/mol. The van der Waals surface area contributed by atoms with Gasteiger partial charge in [0.1, 0.15) is 5.84 Å². The molecule has 0 aliphatic heterocycles. The Bertz CT molecular complexity index is 586. The minimum Gasteiger partial charge on any atom is -0.384 e. The van der Waals surface area contributed by atoms with Crippen LogP contribution >= 0.6 is 11.6 Å². The van der Waals surface area contributed by atoms with Crippen molar-refractivity contribution in [3.05, 3.63) is 46.7 Å². The van der Waals surface area contributed by atoms with E-state index in [4.69, 9.17) is 22.7 Å². The number of nitrogens with one attached hydrogen (secondary N) is 1. The van der Waals surface area contributed by atoms with Gasteiger partial charge >= 0.3 is 0 Å². The largest absolute Gasteiger partial charge is 0.384 e. The first-order valence-corrected chi connectivity index (χ1v) is 6.06. The predicted octanol–water partition coefficient (Wildman–Crippen LogP) is 2.93. The third kappa shape index (κ3) is 2.38. The van der Waals surface area contributed by atoms with Crippen LogP contribution in [-0.2, 0) is 0 Å². The summed E-state index contributed by atoms with van der Waals surface area (Å²) in [5, 5.41) is 12.4. The Kier molecular flexibility index (Phi) is 3.39. The van der Waals surface area contributed by atoms with E-state index in [1.165, 1.54) is 0 Å². The van der Waals surface area contributed by atoms with E-state index < -0.39 is 0 Å². The number of hydrogen-bond acceptors (Lipinski definition) is 2. The van der Waals surface area contributed by atoms with Gasteiger partial charge in [-0.15, -0.1) is 0 Å². The highest BCUT2D eigenvalue weighted by Crippen LogP contribution is 2.22. The summed E-state index contributed by atoms with van der Waals surface area (Å²) in [6.07, 6.45) is 1.88. The van der Waals surface area contributed by atoms with Crippen molar-refractivity contribution < 1.29 is 0 Å². The lowest BCUT2D eigenvalue weighted by Crippen LogP contribution is -2.11. The van der Waals surface area contributed by atoms with Crippen LogP contribution < -0.4 is 5.73 Å². The lowest BCUT2D eigenvalue weighted by Gasteiger charge is -2.07. The van der Waals surface area contributed by atoms with E-state index in [2.05, 4.69) is 18.9 Å². The fraction of sp³-hybridized carbons (Fsp3) is 0.231. The third-order valence-corrected chi connectivity index (χ3v) is 3.01. The smallest absolute Gasteiger partial charge is 0.122 e. The van der Waals surface area contributed by atoms with E-state index in [-0.39, 0.29) is 5.84 Å². The zero-order chi connectivity index (χ0) is 13.3. The number of nitrogens with zero attached hydrogens (tertiary/aromatic N) is 2. The molecule has 0 unspecified atom stereocenters. The number of amidine groups is 1. The molecular weight excluding hydrogens is 248 g/mol. The molecule has 4 nitrogen and oxygen atoms in total. The molecule has 1 heterocycles. The Labute approximate surface area is 111 Å². The molecule has 3 N–H and O–H groups in total. The quantitative estimate of drug-likeness (QED) is 0.660. The van der Waals surface area contributed by atoms with E-state index >= 15 is 0 Å². The molecule has 2 rings (SSSR count). The van der Waals surface area contributed by atoms with Crippen LogP contribution in [0, 0.1) is 5.41 Å². The molecule has 0 spiro atoms. The summed E-state index contributed by atoms with van der Waals surface area (Å²) in [5.41, 5.74) is 7.83. The van der Waals surface area contributed by atoms with Crippen molar-refractivity contribution in [2.45, 2.75) is 19.8 Å². The monoisotopic (exact) mass is 262 g/mol. The first-order valence-electron chi connectivity index (χ1n) is 5.69. The first kappa shape index (κ1) is 12.6. The zero-order valence-corrected chi connectivity index (χ0v) is 11.1. The third-order valence-electron chi connectivity index (χ3n) is 2.71. The fourth-order valence-electron chi connectivity index (χ4n) is 1.64. The molecule has 5 heteroatoms. The number of nitrogens with two attached hydrogens (primary N) is 1. The molecular formula is C13H15ClN4. The normalized spacial score (nSPS) is 10.9. The molecule has 1 aromatic carbocycles. The SMILES string of the molecule is CC(C)c1ccn(-c2ccc(C(=N)N)cc2Cl)n1. The standard InChI is InChI=1S/C13H15ClN4/c1-8(2)11-5-6-18(17-11)12-4-3-9(13(15)16)7-10(12)14/h3-8H,1-2H3,(H3,15,16). The minimum absolute atomic E-state index is 0.00628. The van der Waals surface area contributed by atoms with Gasteiger partial charge in [-0.3, -0.25) is 5.41 Å². The number of halogens is 1. The molecule has 0 amide bonds. The molecule has 0 bridgehead atoms. The van der Waals surface area contributed by atoms with Gasteiger partial charge in [-0.05, 0) is 30.2 Å². The van der Waals surface area contributed by atoms with Crippen LogP contribution in [-0.4, -0.2) is 15.6 Å². The van der Waals surface area contributed by atoms with Gasteiger partial charge in [0.25, 0.3) is 0 Å². The van der Waals surface area contributed by atoms with Crippen molar-refractivity contribution in [3.8, 4) is 5.69 Å². The van der Waals surface area contributed by atoms with E-state index in [9.17, 15) is 0 Å². The van der Waals surface area contributed by atoms with Gasteiger partial charge in [-0.1, -0.05) is 25.4 Å². The van der Waals surface area contributed by atoms with Gasteiger partial charge in [0, 0.05) is 11.8 Å². The Morgan fingerprint density at radius 1 is 1.39 bits per heavy atom. The molecule has 94 valence electrons. The van der Waals surface area contributed by atoms with Crippen molar-refractivity contribution in [3.63, 3.8) is 0 Å². The van der Waals surface area contributed by atoms with Crippen LogP contribution in [0.25, 0.3) is 5.69 Å². The van der Waals surface area contributed by atoms with Crippen LogP contribution in [0.2, 0.25) is 5.02 Å². The highest BCUT2D eigenvalue weighted by molar-refractivity contribution is 6.32. The lowest BCUT2D eigenvalue weighted by molar-refractivity contribution is 0.768. The molecule has 0 saturated heterocycles. The second kappa shape index (κ2) is 4.82. The molecule has 0 fully saturated rings. The second-order valence-corrected chi connectivity index (χ2v) is 4.83. The van der Waals surface area contributed by atoms with Crippen LogP contribution in [0.1, 0.15) is 31.0 Å². The topological polar surface area (TPSA) is 67.7 Å². The maximum atomic E-state index is 7.36. The Morgan fingerprint density at radius 3 is 2.61 bits per heavy atom. The van der Waals surface area contributed by atoms with Gasteiger partial charge in [0.15, 0.2) is 0 Å². The zero-order valence-electron chi connectivity index (χ0n) is 10.3. The van der Waals surface area contributed by atoms with Gasteiger partial charge in [-0.25, -0.2) is 4.68 Å². The number of nitrogen functional groups attached to an aromatic ring is 1. The number of rotatable bonds is 3. The summed E-state index contributed by atoms with van der Waals surface area (Å²) in [4.78, 5) is 0. The summed E-state index contributed by atoms with van der Waals surface area (Å²) in [6.45, 7) is 4.18. The summed E-state index contributed by atoms with van der Waals surface area (Å²) in [7, 11) is 0. The molecule has 0 saturated carbocycles. The number of benzene rings is 1. The maximum absolute atomic E-state index is 7.36. The molecule has 2 aromatic rings. The molecule has 0 aliphatic carbocycles. The van der Waals surface area contributed by atoms with Crippen LogP contribution in [0.5, 0.6) is 0 Å². The summed E-state index contributed by atoms with van der Waals surface area (Å²) < 4.78 is 1.74. The first-order chi connectivity index (χ1) is 8.49. The van der Waals surface area contributed by atoms with Crippen molar-refractivity contribution in [1.82, 2.24) is 9.78 Å². The molecule has 0 radical (unpaired) electrons. The van der Waals surface area contributed by atoms with Crippen molar-refractivity contribution in [2.24, 2.45) is 5.73 Å². The Morgan fingerprint density at radius 2 is 2.11 bits per heavy atom. The summed E-state index contributed by atoms with van der Waals surface area (Å²) in [5.74, 6) is 0.383. The van der Waals surface area contributed by atoms with Crippen molar-refractivity contribution in [1.29, 1.82) is 5.41 Å². The number of aromatic nitrogens is 2. The number of hydrogen-bond donors (Lipinski definition) is 2. The van der Waals surface area contributed by atoms with Crippen LogP contribution in [0.3, 0.4) is 0 Å². The molecule has 0 atom stereocenters. The highest BCUT2D eigenvalue weighted by Gasteiger charge is 2.09. The molecule has 0 aliphatic rings. The van der Waals surface area contributed by atoms with E-state index in [1.807, 2.05) is 18.3 Å². The highest BCUT2D eigenvalue weighted by atomic mass is 35.5. The van der Waals surface area contributed by atoms with Gasteiger partial charge in [-0.2, -0.15) is 5.10 Å². The van der Waals surface area contributed by atoms with Crippen LogP contribution in [0.15, 0.2) is 30.5 Å². The summed E-state index contributed by atoms with van der Waals surface area (Å²) in [6, 6.07) is 7.23. The Balaban J connectivity index is 2.41. The fourth-order valence-corrected chi connectivity index (χ4v) is 1.91. The maximum Gasteiger partial charge on any atom is 0.122 e.